The summed E-state index contributed by atoms with van der Waals surface area (Å²) in [7, 11) is 0. The smallest absolute Gasteiger partial charge is 0.0645 e. The minimum absolute atomic E-state index is 0.127. The minimum atomic E-state index is -0.129. The summed E-state index contributed by atoms with van der Waals surface area (Å²) >= 11 is 0. The van der Waals surface area contributed by atoms with Crippen molar-refractivity contribution in [3.63, 3.8) is 0 Å². The van der Waals surface area contributed by atoms with E-state index in [1.54, 1.807) is 0 Å². The highest BCUT2D eigenvalue weighted by atomic mass is 15.2. The zero-order valence-electron chi connectivity index (χ0n) is 38.1. The van der Waals surface area contributed by atoms with Gasteiger partial charge in [0.15, 0.2) is 0 Å². The Bertz CT molecular complexity index is 3590. The van der Waals surface area contributed by atoms with E-state index in [1.165, 1.54) is 66.4 Å². The Labute approximate surface area is 392 Å². The molecule has 0 atom stereocenters. The van der Waals surface area contributed by atoms with Crippen molar-refractivity contribution in [3.8, 4) is 33.4 Å². The van der Waals surface area contributed by atoms with Gasteiger partial charge in [0.05, 0.1) is 28.9 Å². The van der Waals surface area contributed by atoms with E-state index in [0.717, 1.165) is 51.2 Å². The molecule has 0 saturated heterocycles. The van der Waals surface area contributed by atoms with Crippen LogP contribution in [0.25, 0.3) is 44.2 Å². The molecule has 10 aromatic rings. The van der Waals surface area contributed by atoms with Crippen LogP contribution in [0.4, 0.5) is 51.2 Å². The second-order valence-electron chi connectivity index (χ2n) is 19.2. The third-order valence-corrected chi connectivity index (χ3v) is 14.8. The van der Waals surface area contributed by atoms with Crippen molar-refractivity contribution in [1.82, 2.24) is 4.98 Å². The van der Waals surface area contributed by atoms with Gasteiger partial charge < -0.3 is 14.7 Å². The SMILES string of the molecule is CC1(C)c2ccccc2-c2ccc(N(c3ccccc3)c3ccc4c(c3)N(c3cccnc3)c3cccc5c(N(c6ccccc6)c6ccc7c(c6)C(C)(C)c6ccccc6-7)ccc-4c35)cc21. The van der Waals surface area contributed by atoms with Gasteiger partial charge in [0.25, 0.3) is 0 Å². The van der Waals surface area contributed by atoms with Crippen molar-refractivity contribution in [2.45, 2.75) is 38.5 Å². The van der Waals surface area contributed by atoms with Gasteiger partial charge in [-0.1, -0.05) is 149 Å². The second-order valence-corrected chi connectivity index (χ2v) is 19.2. The van der Waals surface area contributed by atoms with Crippen LogP contribution < -0.4 is 14.7 Å². The van der Waals surface area contributed by atoms with Crippen LogP contribution in [-0.4, -0.2) is 4.98 Å². The first-order valence-corrected chi connectivity index (χ1v) is 23.4. The predicted octanol–water partition coefficient (Wildman–Crippen LogP) is 17.2. The van der Waals surface area contributed by atoms with Gasteiger partial charge in [-0.05, 0) is 135 Å². The van der Waals surface area contributed by atoms with Crippen molar-refractivity contribution >= 4 is 62.0 Å². The first-order valence-electron chi connectivity index (χ1n) is 23.4. The van der Waals surface area contributed by atoms with Crippen LogP contribution in [0.15, 0.2) is 219 Å². The van der Waals surface area contributed by atoms with Crippen LogP contribution in [0.2, 0.25) is 0 Å². The van der Waals surface area contributed by atoms with Crippen molar-refractivity contribution in [2.75, 3.05) is 14.7 Å². The van der Waals surface area contributed by atoms with Gasteiger partial charge in [-0.2, -0.15) is 0 Å². The maximum Gasteiger partial charge on any atom is 0.0645 e. The van der Waals surface area contributed by atoms with Crippen LogP contribution in [-0.2, 0) is 10.8 Å². The molecule has 4 heteroatoms. The van der Waals surface area contributed by atoms with E-state index in [0.29, 0.717) is 0 Å². The van der Waals surface area contributed by atoms with E-state index in [1.807, 2.05) is 18.5 Å². The van der Waals surface area contributed by atoms with Crippen molar-refractivity contribution in [3.05, 3.63) is 241 Å². The highest BCUT2D eigenvalue weighted by molar-refractivity contribution is 6.18. The van der Waals surface area contributed by atoms with E-state index < -0.39 is 0 Å². The molecule has 0 N–H and O–H groups in total. The van der Waals surface area contributed by atoms with Crippen molar-refractivity contribution in [2.24, 2.45) is 0 Å². The molecular formula is C63H48N4. The van der Waals surface area contributed by atoms with E-state index in [2.05, 4.69) is 248 Å². The molecule has 0 radical (unpaired) electrons. The number of rotatable bonds is 7. The Morgan fingerprint density at radius 2 is 0.896 bits per heavy atom. The molecule has 1 aliphatic heterocycles. The summed E-state index contributed by atoms with van der Waals surface area (Å²) in [5, 5.41) is 2.39. The van der Waals surface area contributed by atoms with Crippen LogP contribution in [0.1, 0.15) is 49.9 Å². The monoisotopic (exact) mass is 860 g/mol. The fourth-order valence-corrected chi connectivity index (χ4v) is 11.6. The van der Waals surface area contributed by atoms with Gasteiger partial charge in [-0.25, -0.2) is 0 Å². The zero-order valence-corrected chi connectivity index (χ0v) is 38.1. The maximum atomic E-state index is 4.69. The second kappa shape index (κ2) is 14.7. The Balaban J connectivity index is 0.999. The van der Waals surface area contributed by atoms with Gasteiger partial charge in [0.1, 0.15) is 0 Å². The molecule has 3 aliphatic rings. The molecule has 4 nitrogen and oxygen atoms in total. The molecule has 9 aromatic carbocycles. The molecule has 2 aliphatic carbocycles. The lowest BCUT2D eigenvalue weighted by Crippen LogP contribution is -2.18. The summed E-state index contributed by atoms with van der Waals surface area (Å²) in [6.45, 7) is 9.43. The Morgan fingerprint density at radius 1 is 0.373 bits per heavy atom. The van der Waals surface area contributed by atoms with Crippen molar-refractivity contribution < 1.29 is 0 Å². The zero-order chi connectivity index (χ0) is 45.0. The number of hydrogen-bond donors (Lipinski definition) is 0. The summed E-state index contributed by atoms with van der Waals surface area (Å²) in [6.07, 6.45) is 3.84. The van der Waals surface area contributed by atoms with Gasteiger partial charge >= 0.3 is 0 Å². The summed E-state index contributed by atoms with van der Waals surface area (Å²) < 4.78 is 0. The van der Waals surface area contributed by atoms with Gasteiger partial charge in [0, 0.05) is 61.8 Å². The Morgan fingerprint density at radius 3 is 1.51 bits per heavy atom. The van der Waals surface area contributed by atoms with Crippen LogP contribution in [0.3, 0.4) is 0 Å². The Hall–Kier alpha value is -8.21. The highest BCUT2D eigenvalue weighted by Gasteiger charge is 2.38. The quantitative estimate of drug-likeness (QED) is 0.159. The van der Waals surface area contributed by atoms with E-state index in [-0.39, 0.29) is 10.8 Å². The molecule has 0 spiro atoms. The fourth-order valence-electron chi connectivity index (χ4n) is 11.6. The standard InChI is InChI=1S/C63H48N4/c1-62(2)54-25-13-11-22-47(54)49-31-28-43(37-56(49)62)65(41-17-7-5-8-18-41)45-30-33-51-52-34-35-58(53-24-15-27-59(61(52)53)67(60(51)39-45)46-21-16-36-64-40-46)66(42-19-9-6-10-20-42)44-29-32-50-48-23-12-14-26-55(48)63(3,4)57(50)38-44/h5-40H,1-4H3. The largest absolute Gasteiger partial charge is 0.310 e. The molecule has 0 saturated carbocycles. The first-order chi connectivity index (χ1) is 32.8. The molecule has 0 fully saturated rings. The van der Waals surface area contributed by atoms with Gasteiger partial charge in [-0.3, -0.25) is 4.98 Å². The molecule has 13 rings (SSSR count). The molecule has 0 bridgehead atoms. The number of hydrogen-bond acceptors (Lipinski definition) is 4. The predicted molar refractivity (Wildman–Crippen MR) is 280 cm³/mol. The molecule has 0 amide bonds. The molecule has 2 heterocycles. The third kappa shape index (κ3) is 5.82. The fraction of sp³-hybridized carbons (Fsp3) is 0.0952. The molecule has 0 unspecified atom stereocenters. The minimum Gasteiger partial charge on any atom is -0.310 e. The third-order valence-electron chi connectivity index (χ3n) is 14.8. The first kappa shape index (κ1) is 39.2. The lowest BCUT2D eigenvalue weighted by atomic mass is 9.82. The molecular weight excluding hydrogens is 813 g/mol. The normalized spacial score (nSPS) is 14.2. The summed E-state index contributed by atoms with van der Waals surface area (Å²) in [5.41, 5.74) is 22.8. The molecule has 67 heavy (non-hydrogen) atoms. The summed E-state index contributed by atoms with van der Waals surface area (Å²) in [5.74, 6) is 0. The topological polar surface area (TPSA) is 22.6 Å². The van der Waals surface area contributed by atoms with Crippen LogP contribution in [0.5, 0.6) is 0 Å². The number of aromatic nitrogens is 1. The number of pyridine rings is 1. The average molecular weight is 861 g/mol. The summed E-state index contributed by atoms with van der Waals surface area (Å²) in [4.78, 5) is 12.0. The lowest BCUT2D eigenvalue weighted by Gasteiger charge is -2.36. The maximum absolute atomic E-state index is 4.69. The van der Waals surface area contributed by atoms with E-state index in [4.69, 9.17) is 0 Å². The summed E-state index contributed by atoms with van der Waals surface area (Å²) in [6, 6.07) is 76.1. The van der Waals surface area contributed by atoms with E-state index in [9.17, 15) is 0 Å². The van der Waals surface area contributed by atoms with Crippen LogP contribution in [0, 0.1) is 0 Å². The number of nitrogens with zero attached hydrogens (tertiary/aromatic N) is 4. The lowest BCUT2D eigenvalue weighted by molar-refractivity contribution is 0.660. The number of fused-ring (bicyclic) bond motifs is 8. The van der Waals surface area contributed by atoms with E-state index >= 15 is 0 Å². The molecule has 320 valence electrons. The molecule has 1 aromatic heterocycles. The Kier molecular flexibility index (Phi) is 8.57. The van der Waals surface area contributed by atoms with Gasteiger partial charge in [0.2, 0.25) is 0 Å². The average Bonchev–Trinajstić information content (AvgIpc) is 3.74. The number of anilines is 9. The number of benzene rings is 9. The highest BCUT2D eigenvalue weighted by Crippen LogP contribution is 2.57. The number of para-hydroxylation sites is 2. The van der Waals surface area contributed by atoms with Crippen LogP contribution >= 0.6 is 0 Å². The van der Waals surface area contributed by atoms with Crippen molar-refractivity contribution in [1.29, 1.82) is 0 Å². The van der Waals surface area contributed by atoms with Gasteiger partial charge in [-0.15, -0.1) is 0 Å².